The standard InChI is InChI=1S/C8H13NO2/c1-7(10)8(9-2)3-5-11-6-4-8/h2-6H2,1H3. The summed E-state index contributed by atoms with van der Waals surface area (Å²) in [4.78, 5) is 15.1. The van der Waals surface area contributed by atoms with Gasteiger partial charge in [-0.05, 0) is 13.6 Å². The van der Waals surface area contributed by atoms with E-state index >= 15 is 0 Å². The van der Waals surface area contributed by atoms with E-state index in [1.54, 1.807) is 6.92 Å². The van der Waals surface area contributed by atoms with Gasteiger partial charge in [-0.2, -0.15) is 0 Å². The number of hydrogen-bond acceptors (Lipinski definition) is 3. The van der Waals surface area contributed by atoms with Crippen LogP contribution in [-0.4, -0.2) is 31.3 Å². The summed E-state index contributed by atoms with van der Waals surface area (Å²) < 4.78 is 5.14. The van der Waals surface area contributed by atoms with Gasteiger partial charge in [0, 0.05) is 26.1 Å². The Labute approximate surface area is 66.5 Å². The molecule has 0 aliphatic carbocycles. The highest BCUT2D eigenvalue weighted by molar-refractivity contribution is 5.87. The van der Waals surface area contributed by atoms with Gasteiger partial charge in [0.05, 0.1) is 0 Å². The Hall–Kier alpha value is -0.700. The average molecular weight is 155 g/mol. The monoisotopic (exact) mass is 155 g/mol. The van der Waals surface area contributed by atoms with E-state index in [2.05, 4.69) is 11.7 Å². The Morgan fingerprint density at radius 2 is 2.09 bits per heavy atom. The maximum atomic E-state index is 11.2. The first-order chi connectivity index (χ1) is 5.21. The number of aliphatic imine (C=N–C) groups is 1. The Morgan fingerprint density at radius 3 is 2.36 bits per heavy atom. The molecule has 1 aliphatic heterocycles. The second-order valence-electron chi connectivity index (χ2n) is 2.86. The number of carbonyl (C=O) groups is 1. The molecule has 11 heavy (non-hydrogen) atoms. The zero-order chi connectivity index (χ0) is 8.32. The zero-order valence-electron chi connectivity index (χ0n) is 6.80. The van der Waals surface area contributed by atoms with Gasteiger partial charge in [-0.3, -0.25) is 9.79 Å². The maximum Gasteiger partial charge on any atom is 0.157 e. The molecule has 0 saturated carbocycles. The lowest BCUT2D eigenvalue weighted by Gasteiger charge is -2.30. The van der Waals surface area contributed by atoms with Crippen LogP contribution in [0.25, 0.3) is 0 Å². The van der Waals surface area contributed by atoms with Gasteiger partial charge in [0.25, 0.3) is 0 Å². The molecule has 0 radical (unpaired) electrons. The second-order valence-corrected chi connectivity index (χ2v) is 2.86. The summed E-state index contributed by atoms with van der Waals surface area (Å²) in [6.07, 6.45) is 1.37. The fourth-order valence-electron chi connectivity index (χ4n) is 1.33. The topological polar surface area (TPSA) is 38.7 Å². The molecule has 0 amide bonds. The van der Waals surface area contributed by atoms with E-state index in [1.807, 2.05) is 0 Å². The molecule has 0 atom stereocenters. The summed E-state index contributed by atoms with van der Waals surface area (Å²) >= 11 is 0. The molecule has 0 unspecified atom stereocenters. The Kier molecular flexibility index (Phi) is 2.39. The summed E-state index contributed by atoms with van der Waals surface area (Å²) in [7, 11) is 0. The Morgan fingerprint density at radius 1 is 1.55 bits per heavy atom. The second kappa shape index (κ2) is 3.13. The molecule has 1 fully saturated rings. The van der Waals surface area contributed by atoms with E-state index in [9.17, 15) is 4.79 Å². The van der Waals surface area contributed by atoms with Gasteiger partial charge in [-0.1, -0.05) is 0 Å². The number of ketones is 1. The predicted molar refractivity (Wildman–Crippen MR) is 43.0 cm³/mol. The maximum absolute atomic E-state index is 11.2. The summed E-state index contributed by atoms with van der Waals surface area (Å²) in [5, 5.41) is 0. The van der Waals surface area contributed by atoms with Crippen molar-refractivity contribution in [1.82, 2.24) is 0 Å². The largest absolute Gasteiger partial charge is 0.381 e. The summed E-state index contributed by atoms with van der Waals surface area (Å²) in [5.74, 6) is 0.107. The van der Waals surface area contributed by atoms with E-state index < -0.39 is 5.54 Å². The molecule has 0 aromatic heterocycles. The molecule has 0 aromatic rings. The average Bonchev–Trinajstić information content (AvgIpc) is 2.05. The Bertz CT molecular complexity index is 171. The van der Waals surface area contributed by atoms with Gasteiger partial charge in [-0.25, -0.2) is 0 Å². The van der Waals surface area contributed by atoms with Crippen LogP contribution in [0.5, 0.6) is 0 Å². The highest BCUT2D eigenvalue weighted by atomic mass is 16.5. The van der Waals surface area contributed by atoms with Crippen LogP contribution < -0.4 is 0 Å². The first-order valence-electron chi connectivity index (χ1n) is 3.78. The first kappa shape index (κ1) is 8.40. The number of hydrogen-bond donors (Lipinski definition) is 0. The molecule has 3 nitrogen and oxygen atoms in total. The predicted octanol–water partition coefficient (Wildman–Crippen LogP) is 0.825. The molecular weight excluding hydrogens is 142 g/mol. The lowest BCUT2D eigenvalue weighted by Crippen LogP contribution is -2.40. The van der Waals surface area contributed by atoms with Crippen molar-refractivity contribution in [2.24, 2.45) is 4.99 Å². The fourth-order valence-corrected chi connectivity index (χ4v) is 1.33. The van der Waals surface area contributed by atoms with Gasteiger partial charge >= 0.3 is 0 Å². The third-order valence-electron chi connectivity index (χ3n) is 2.28. The van der Waals surface area contributed by atoms with Crippen LogP contribution in [0.4, 0.5) is 0 Å². The van der Waals surface area contributed by atoms with E-state index in [4.69, 9.17) is 4.74 Å². The SMILES string of the molecule is C=NC1(C(C)=O)CCOCC1. The number of rotatable bonds is 2. The first-order valence-corrected chi connectivity index (χ1v) is 3.78. The van der Waals surface area contributed by atoms with E-state index in [1.165, 1.54) is 0 Å². The van der Waals surface area contributed by atoms with Crippen molar-refractivity contribution < 1.29 is 9.53 Å². The molecule has 1 heterocycles. The molecule has 0 bridgehead atoms. The van der Waals surface area contributed by atoms with Crippen molar-refractivity contribution in [2.75, 3.05) is 13.2 Å². The number of carbonyl (C=O) groups excluding carboxylic acids is 1. The van der Waals surface area contributed by atoms with Gasteiger partial charge in [0.2, 0.25) is 0 Å². The molecular formula is C8H13NO2. The van der Waals surface area contributed by atoms with E-state index in [0.717, 1.165) is 0 Å². The van der Waals surface area contributed by atoms with Gasteiger partial charge in [-0.15, -0.1) is 0 Å². The minimum atomic E-state index is -0.530. The highest BCUT2D eigenvalue weighted by Crippen LogP contribution is 2.25. The van der Waals surface area contributed by atoms with Crippen LogP contribution in [-0.2, 0) is 9.53 Å². The number of ether oxygens (including phenoxy) is 1. The molecule has 1 aliphatic rings. The van der Waals surface area contributed by atoms with E-state index in [0.29, 0.717) is 26.1 Å². The summed E-state index contributed by atoms with van der Waals surface area (Å²) in [5.41, 5.74) is -0.530. The van der Waals surface area contributed by atoms with Gasteiger partial charge < -0.3 is 4.74 Å². The molecule has 1 saturated heterocycles. The highest BCUT2D eigenvalue weighted by Gasteiger charge is 2.35. The van der Waals surface area contributed by atoms with Crippen LogP contribution in [0.15, 0.2) is 4.99 Å². The number of nitrogens with zero attached hydrogens (tertiary/aromatic N) is 1. The quantitative estimate of drug-likeness (QED) is 0.554. The summed E-state index contributed by atoms with van der Waals surface area (Å²) in [6.45, 7) is 6.27. The van der Waals surface area contributed by atoms with E-state index in [-0.39, 0.29) is 5.78 Å². The fraction of sp³-hybridized carbons (Fsp3) is 0.750. The third-order valence-corrected chi connectivity index (χ3v) is 2.28. The lowest BCUT2D eigenvalue weighted by molar-refractivity contribution is -0.125. The molecule has 0 aromatic carbocycles. The lowest BCUT2D eigenvalue weighted by atomic mass is 9.87. The van der Waals surface area contributed by atoms with Crippen molar-refractivity contribution in [3.8, 4) is 0 Å². The Balaban J connectivity index is 2.72. The molecule has 3 heteroatoms. The van der Waals surface area contributed by atoms with Gasteiger partial charge in [0.15, 0.2) is 5.78 Å². The normalized spacial score (nSPS) is 22.6. The van der Waals surface area contributed by atoms with Crippen LogP contribution in [0.2, 0.25) is 0 Å². The van der Waals surface area contributed by atoms with Crippen molar-refractivity contribution in [2.45, 2.75) is 25.3 Å². The minimum Gasteiger partial charge on any atom is -0.381 e. The van der Waals surface area contributed by atoms with Crippen molar-refractivity contribution >= 4 is 12.5 Å². The van der Waals surface area contributed by atoms with Crippen molar-refractivity contribution in [1.29, 1.82) is 0 Å². The van der Waals surface area contributed by atoms with Crippen LogP contribution in [0.3, 0.4) is 0 Å². The summed E-state index contributed by atoms with van der Waals surface area (Å²) in [6, 6.07) is 0. The van der Waals surface area contributed by atoms with Crippen LogP contribution in [0.1, 0.15) is 19.8 Å². The van der Waals surface area contributed by atoms with Crippen molar-refractivity contribution in [3.63, 3.8) is 0 Å². The van der Waals surface area contributed by atoms with Crippen LogP contribution in [0, 0.1) is 0 Å². The number of Topliss-reactive ketones (excluding diaryl/α,β-unsaturated/α-hetero) is 1. The third kappa shape index (κ3) is 1.48. The molecule has 0 spiro atoms. The van der Waals surface area contributed by atoms with Gasteiger partial charge in [0.1, 0.15) is 5.54 Å². The molecule has 62 valence electrons. The smallest absolute Gasteiger partial charge is 0.157 e. The molecule has 1 rings (SSSR count). The van der Waals surface area contributed by atoms with Crippen molar-refractivity contribution in [3.05, 3.63) is 0 Å². The van der Waals surface area contributed by atoms with Crippen LogP contribution >= 0.6 is 0 Å². The zero-order valence-corrected chi connectivity index (χ0v) is 6.80. The molecule has 0 N–H and O–H groups in total. The minimum absolute atomic E-state index is 0.107.